The van der Waals surface area contributed by atoms with Gasteiger partial charge in [0.25, 0.3) is 0 Å². The van der Waals surface area contributed by atoms with Crippen molar-refractivity contribution in [1.29, 1.82) is 0 Å². The molecule has 0 N–H and O–H groups in total. The van der Waals surface area contributed by atoms with Gasteiger partial charge >= 0.3 is 0 Å². The molecule has 9 heteroatoms. The Kier molecular flexibility index (Phi) is 5.75. The molecule has 3 saturated carbocycles. The van der Waals surface area contributed by atoms with E-state index in [9.17, 15) is 8.78 Å². The van der Waals surface area contributed by atoms with E-state index in [0.717, 1.165) is 36.2 Å². The minimum absolute atomic E-state index is 0.124. The summed E-state index contributed by atoms with van der Waals surface area (Å²) in [6, 6.07) is 5.47. The van der Waals surface area contributed by atoms with Crippen LogP contribution >= 0.6 is 0 Å². The molecule has 0 atom stereocenters. The van der Waals surface area contributed by atoms with Crippen LogP contribution < -0.4 is 0 Å². The summed E-state index contributed by atoms with van der Waals surface area (Å²) in [4.78, 5) is 18.3. The number of hydrogen-bond acceptors (Lipinski definition) is 6. The Morgan fingerprint density at radius 2 is 1.72 bits per heavy atom. The van der Waals surface area contributed by atoms with Gasteiger partial charge in [-0.2, -0.15) is 5.10 Å². The maximum atomic E-state index is 14.4. The van der Waals surface area contributed by atoms with E-state index in [4.69, 9.17) is 4.74 Å². The van der Waals surface area contributed by atoms with Crippen LogP contribution in [0.25, 0.3) is 22.4 Å². The Balaban J connectivity index is 0.000000197. The molecule has 4 fully saturated rings. The van der Waals surface area contributed by atoms with E-state index >= 15 is 0 Å². The second kappa shape index (κ2) is 8.96. The summed E-state index contributed by atoms with van der Waals surface area (Å²) < 4.78 is 35.4. The van der Waals surface area contributed by atoms with Gasteiger partial charge in [0.1, 0.15) is 28.7 Å². The lowest BCUT2D eigenvalue weighted by Crippen LogP contribution is -2.59. The number of ether oxygens (including phenoxy) is 1. The van der Waals surface area contributed by atoms with Crippen molar-refractivity contribution in [2.45, 2.75) is 57.4 Å². The largest absolute Gasteiger partial charge is 0.381 e. The molecule has 0 amide bonds. The number of rotatable bonds is 3. The van der Waals surface area contributed by atoms with Gasteiger partial charge in [-0.05, 0) is 70.1 Å². The van der Waals surface area contributed by atoms with E-state index < -0.39 is 11.6 Å². The maximum Gasteiger partial charge on any atom is 0.182 e. The van der Waals surface area contributed by atoms with Crippen LogP contribution in [0.4, 0.5) is 8.78 Å². The topological polar surface area (TPSA) is 78.6 Å². The molecule has 186 valence electrons. The molecular weight excluding hydrogens is 462 g/mol. The minimum atomic E-state index is -0.678. The molecule has 0 unspecified atom stereocenters. The summed E-state index contributed by atoms with van der Waals surface area (Å²) >= 11 is 0. The second-order valence-corrected chi connectivity index (χ2v) is 10.2. The van der Waals surface area contributed by atoms with Gasteiger partial charge in [0, 0.05) is 43.2 Å². The van der Waals surface area contributed by atoms with Crippen molar-refractivity contribution in [2.75, 3.05) is 13.2 Å². The zero-order chi connectivity index (χ0) is 24.9. The summed E-state index contributed by atoms with van der Waals surface area (Å²) in [5.74, 6) is 0.468. The predicted molar refractivity (Wildman–Crippen MR) is 130 cm³/mol. The van der Waals surface area contributed by atoms with Crippen molar-refractivity contribution in [3.8, 4) is 11.3 Å². The van der Waals surface area contributed by atoms with Crippen molar-refractivity contribution >= 4 is 11.2 Å². The highest BCUT2D eigenvalue weighted by Gasteiger charge is 2.58. The van der Waals surface area contributed by atoms with Crippen LogP contribution in [0.2, 0.25) is 0 Å². The van der Waals surface area contributed by atoms with Crippen molar-refractivity contribution in [2.24, 2.45) is 5.92 Å². The SMILES string of the molecule is Cc1nc2nc(C3CCOCC3)nc(-c3ccc(F)cc3F)c2nc1C.c1cnn(C23CC(C2)C3)c1. The molecule has 1 aromatic carbocycles. The van der Waals surface area contributed by atoms with Crippen LogP contribution in [0, 0.1) is 31.4 Å². The summed E-state index contributed by atoms with van der Waals surface area (Å²) in [7, 11) is 0. The summed E-state index contributed by atoms with van der Waals surface area (Å²) in [5.41, 5.74) is 3.39. The highest BCUT2D eigenvalue weighted by atomic mass is 19.1. The van der Waals surface area contributed by atoms with Crippen LogP contribution in [0.1, 0.15) is 55.2 Å². The molecule has 36 heavy (non-hydrogen) atoms. The lowest BCUT2D eigenvalue weighted by Gasteiger charge is -2.61. The molecule has 2 bridgehead atoms. The molecule has 3 aromatic heterocycles. The molecule has 4 aromatic rings. The quantitative estimate of drug-likeness (QED) is 0.389. The summed E-state index contributed by atoms with van der Waals surface area (Å²) in [6.07, 6.45) is 9.72. The molecule has 0 spiro atoms. The number of aryl methyl sites for hydroxylation is 2. The highest BCUT2D eigenvalue weighted by Crippen LogP contribution is 2.61. The average molecular weight is 491 g/mol. The third-order valence-electron chi connectivity index (χ3n) is 7.73. The van der Waals surface area contributed by atoms with Crippen LogP contribution in [-0.4, -0.2) is 42.9 Å². The van der Waals surface area contributed by atoms with Gasteiger partial charge in [0.15, 0.2) is 5.65 Å². The first-order valence-electron chi connectivity index (χ1n) is 12.5. The van der Waals surface area contributed by atoms with Gasteiger partial charge in [0.05, 0.1) is 16.9 Å². The zero-order valence-electron chi connectivity index (χ0n) is 20.4. The number of nitrogens with zero attached hydrogens (tertiary/aromatic N) is 6. The van der Waals surface area contributed by atoms with Gasteiger partial charge in [-0.25, -0.2) is 28.7 Å². The molecule has 3 aliphatic carbocycles. The number of aromatic nitrogens is 6. The molecule has 8 rings (SSSR count). The summed E-state index contributed by atoms with van der Waals surface area (Å²) in [5, 5.41) is 4.26. The third-order valence-corrected chi connectivity index (χ3v) is 7.73. The third kappa shape index (κ3) is 4.05. The molecule has 1 saturated heterocycles. The minimum Gasteiger partial charge on any atom is -0.381 e. The Morgan fingerprint density at radius 1 is 0.972 bits per heavy atom. The van der Waals surface area contributed by atoms with Gasteiger partial charge in [-0.1, -0.05) is 0 Å². The Labute approximate surface area is 208 Å². The van der Waals surface area contributed by atoms with E-state index in [1.807, 2.05) is 26.1 Å². The van der Waals surface area contributed by atoms with Gasteiger partial charge in [-0.3, -0.25) is 4.68 Å². The van der Waals surface area contributed by atoms with E-state index in [1.54, 1.807) is 0 Å². The fraction of sp³-hybridized carbons (Fsp3) is 0.444. The number of fused-ring (bicyclic) bond motifs is 1. The van der Waals surface area contributed by atoms with E-state index in [1.165, 1.54) is 31.4 Å². The Morgan fingerprint density at radius 3 is 2.36 bits per heavy atom. The zero-order valence-corrected chi connectivity index (χ0v) is 20.4. The fourth-order valence-electron chi connectivity index (χ4n) is 5.40. The number of hydrogen-bond donors (Lipinski definition) is 0. The molecule has 1 aliphatic heterocycles. The highest BCUT2D eigenvalue weighted by molar-refractivity contribution is 5.87. The molecular formula is C27H28F2N6O. The van der Waals surface area contributed by atoms with E-state index in [2.05, 4.69) is 35.9 Å². The lowest BCUT2D eigenvalue weighted by molar-refractivity contribution is -0.0977. The summed E-state index contributed by atoms with van der Waals surface area (Å²) in [6.45, 7) is 4.98. The van der Waals surface area contributed by atoms with Gasteiger partial charge in [-0.15, -0.1) is 0 Å². The second-order valence-electron chi connectivity index (χ2n) is 10.2. The lowest BCUT2D eigenvalue weighted by atomic mass is 9.50. The van der Waals surface area contributed by atoms with Crippen molar-refractivity contribution in [1.82, 2.24) is 29.7 Å². The predicted octanol–water partition coefficient (Wildman–Crippen LogP) is 5.27. The molecule has 0 radical (unpaired) electrons. The molecule has 4 aliphatic rings. The van der Waals surface area contributed by atoms with E-state index in [-0.39, 0.29) is 11.5 Å². The van der Waals surface area contributed by atoms with Gasteiger partial charge in [0.2, 0.25) is 0 Å². The first-order valence-corrected chi connectivity index (χ1v) is 12.5. The van der Waals surface area contributed by atoms with Crippen LogP contribution in [-0.2, 0) is 10.3 Å². The fourth-order valence-corrected chi connectivity index (χ4v) is 5.40. The van der Waals surface area contributed by atoms with Crippen molar-refractivity contribution in [3.05, 3.63) is 65.5 Å². The van der Waals surface area contributed by atoms with Crippen LogP contribution in [0.5, 0.6) is 0 Å². The van der Waals surface area contributed by atoms with Gasteiger partial charge < -0.3 is 4.74 Å². The van der Waals surface area contributed by atoms with Crippen molar-refractivity contribution < 1.29 is 13.5 Å². The van der Waals surface area contributed by atoms with Crippen LogP contribution in [0.15, 0.2) is 36.7 Å². The number of halogens is 2. The molecule has 4 heterocycles. The standard InChI is InChI=1S/C19H18F2N4O.C8H10N2/c1-10-11(2)23-19-17(22-10)16(14-4-3-13(20)9-15(14)21)24-18(25-19)12-5-7-26-8-6-12;1-2-9-10(3-1)8-4-7(5-8)6-8/h3-4,9,12H,5-8H2,1-2H3;1-3,7H,4-6H2. The van der Waals surface area contributed by atoms with Crippen LogP contribution in [0.3, 0.4) is 0 Å². The maximum absolute atomic E-state index is 14.4. The number of benzene rings is 1. The normalized spacial score (nSPS) is 22.9. The monoisotopic (exact) mass is 490 g/mol. The Bertz CT molecular complexity index is 1400. The first kappa shape index (κ1) is 23.1. The average Bonchev–Trinajstić information content (AvgIpc) is 3.33. The molecule has 7 nitrogen and oxygen atoms in total. The smallest absolute Gasteiger partial charge is 0.182 e. The first-order chi connectivity index (χ1) is 17.4. The van der Waals surface area contributed by atoms with E-state index in [0.29, 0.717) is 41.4 Å². The van der Waals surface area contributed by atoms with Crippen molar-refractivity contribution in [3.63, 3.8) is 0 Å². The Hall–Kier alpha value is -3.33.